The lowest BCUT2D eigenvalue weighted by molar-refractivity contribution is -0.154. The Labute approximate surface area is 183 Å². The van der Waals surface area contributed by atoms with Crippen LogP contribution in [0.15, 0.2) is 47.4 Å². The molecule has 0 spiro atoms. The summed E-state index contributed by atoms with van der Waals surface area (Å²) in [6.07, 6.45) is 4.01. The van der Waals surface area contributed by atoms with Crippen molar-refractivity contribution in [3.05, 3.63) is 59.2 Å². The Balaban J connectivity index is 1.59. The first-order valence-corrected chi connectivity index (χ1v) is 12.1. The summed E-state index contributed by atoms with van der Waals surface area (Å²) in [6.45, 7) is 7.57. The molecule has 0 aromatic heterocycles. The second-order valence-electron chi connectivity index (χ2n) is 8.24. The third-order valence-corrected chi connectivity index (χ3v) is 7.50. The molecule has 1 fully saturated rings. The van der Waals surface area contributed by atoms with Crippen molar-refractivity contribution >= 4 is 16.9 Å². The van der Waals surface area contributed by atoms with Crippen LogP contribution in [0.5, 0.6) is 5.75 Å². The maximum atomic E-state index is 12.4. The summed E-state index contributed by atoms with van der Waals surface area (Å²) in [6, 6.07) is 14.1. The van der Waals surface area contributed by atoms with Gasteiger partial charge in [-0.15, -0.1) is 0 Å². The van der Waals surface area contributed by atoms with E-state index in [1.165, 1.54) is 35.7 Å². The fourth-order valence-electron chi connectivity index (χ4n) is 3.59. The molecule has 0 aliphatic carbocycles. The van der Waals surface area contributed by atoms with Crippen LogP contribution in [-0.2, 0) is 20.4 Å². The van der Waals surface area contributed by atoms with Crippen LogP contribution in [0, 0.1) is 25.7 Å². The topological polar surface area (TPSA) is 35.5 Å². The predicted octanol–water partition coefficient (Wildman–Crippen LogP) is 5.22. The van der Waals surface area contributed by atoms with Crippen molar-refractivity contribution in [2.45, 2.75) is 57.5 Å². The van der Waals surface area contributed by atoms with E-state index in [1.807, 2.05) is 30.3 Å². The number of hydrogen-bond donors (Lipinski definition) is 0. The molecule has 0 bridgehead atoms. The fourth-order valence-corrected chi connectivity index (χ4v) is 6.05. The molecule has 3 nitrogen and oxygen atoms in total. The van der Waals surface area contributed by atoms with E-state index in [0.29, 0.717) is 10.9 Å². The normalized spacial score (nSPS) is 14.5. The standard InChI is InChI=1S/C26H31O3S/c1-20-17-23(30-15-9-6-10-16-30)18-21(2)25(20)28-19-24(27)29-26(3,4)14-13-22-11-7-5-8-12-22/h5,7-8,11-12,17-18H,6,9-10,15-16,19H2,1-4H3/q+1. The molecule has 0 atom stereocenters. The highest BCUT2D eigenvalue weighted by Gasteiger charge is 2.26. The maximum absolute atomic E-state index is 12.4. The minimum Gasteiger partial charge on any atom is -0.481 e. The van der Waals surface area contributed by atoms with Crippen LogP contribution in [-0.4, -0.2) is 29.7 Å². The van der Waals surface area contributed by atoms with E-state index >= 15 is 0 Å². The smallest absolute Gasteiger partial charge is 0.345 e. The van der Waals surface area contributed by atoms with Crippen molar-refractivity contribution in [1.82, 2.24) is 0 Å². The Kier molecular flexibility index (Phi) is 7.50. The summed E-state index contributed by atoms with van der Waals surface area (Å²) in [4.78, 5) is 13.8. The van der Waals surface area contributed by atoms with Crippen LogP contribution in [0.1, 0.15) is 49.8 Å². The molecule has 3 rings (SSSR count). The minimum atomic E-state index is -0.883. The average Bonchev–Trinajstić information content (AvgIpc) is 2.73. The summed E-state index contributed by atoms with van der Waals surface area (Å²) in [7, 11) is 0.356. The molecule has 1 heterocycles. The molecule has 0 radical (unpaired) electrons. The lowest BCUT2D eigenvalue weighted by atomic mass is 10.1. The number of rotatable bonds is 5. The van der Waals surface area contributed by atoms with Crippen LogP contribution in [0.3, 0.4) is 0 Å². The zero-order valence-electron chi connectivity index (χ0n) is 18.4. The lowest BCUT2D eigenvalue weighted by Gasteiger charge is -2.20. The summed E-state index contributed by atoms with van der Waals surface area (Å²) in [5.74, 6) is 9.03. The van der Waals surface area contributed by atoms with Crippen LogP contribution in [0.25, 0.3) is 0 Å². The summed E-state index contributed by atoms with van der Waals surface area (Å²) >= 11 is 0. The van der Waals surface area contributed by atoms with E-state index in [1.54, 1.807) is 13.8 Å². The number of hydrogen-bond acceptors (Lipinski definition) is 3. The van der Waals surface area contributed by atoms with Crippen LogP contribution >= 0.6 is 0 Å². The summed E-state index contributed by atoms with van der Waals surface area (Å²) < 4.78 is 11.4. The molecule has 4 heteroatoms. The van der Waals surface area contributed by atoms with Gasteiger partial charge in [0.2, 0.25) is 0 Å². The van der Waals surface area contributed by atoms with Crippen LogP contribution in [0.2, 0.25) is 0 Å². The number of esters is 1. The Morgan fingerprint density at radius 3 is 2.30 bits per heavy atom. The van der Waals surface area contributed by atoms with Crippen molar-refractivity contribution in [3.63, 3.8) is 0 Å². The number of aryl methyl sites for hydroxylation is 2. The summed E-state index contributed by atoms with van der Waals surface area (Å²) in [5.41, 5.74) is 2.17. The van der Waals surface area contributed by atoms with Crippen molar-refractivity contribution < 1.29 is 14.3 Å². The quantitative estimate of drug-likeness (QED) is 0.376. The van der Waals surface area contributed by atoms with Gasteiger partial charge in [0.05, 0.1) is 0 Å². The number of carbonyl (C=O) groups excluding carboxylic acids is 1. The molecule has 0 N–H and O–H groups in total. The minimum absolute atomic E-state index is 0.122. The van der Waals surface area contributed by atoms with E-state index in [4.69, 9.17) is 9.47 Å². The Bertz CT molecular complexity index is 909. The van der Waals surface area contributed by atoms with Gasteiger partial charge in [-0.25, -0.2) is 4.79 Å². The summed E-state index contributed by atoms with van der Waals surface area (Å²) in [5, 5.41) is 0. The van der Waals surface area contributed by atoms with Crippen LogP contribution in [0.4, 0.5) is 0 Å². The molecule has 0 amide bonds. The first kappa shape index (κ1) is 22.3. The van der Waals surface area contributed by atoms with E-state index in [9.17, 15) is 4.79 Å². The Morgan fingerprint density at radius 1 is 1.03 bits per heavy atom. The second-order valence-corrected chi connectivity index (χ2v) is 10.5. The second kappa shape index (κ2) is 10.1. The van der Waals surface area contributed by atoms with Gasteiger partial charge in [0.25, 0.3) is 0 Å². The molecule has 2 aromatic rings. The number of ether oxygens (including phenoxy) is 2. The SMILES string of the molecule is Cc1cc([S+]2CCCCC2)cc(C)c1OCC(=O)OC(C)(C)C#Cc1ccccc1. The third-order valence-electron chi connectivity index (χ3n) is 5.03. The highest BCUT2D eigenvalue weighted by Crippen LogP contribution is 2.30. The molecule has 1 aliphatic rings. The molecule has 1 aliphatic heterocycles. The molecule has 0 saturated carbocycles. The van der Waals surface area contributed by atoms with Gasteiger partial charge in [-0.2, -0.15) is 0 Å². The maximum Gasteiger partial charge on any atom is 0.345 e. The van der Waals surface area contributed by atoms with Gasteiger partial charge in [-0.05, 0) is 82.3 Å². The predicted molar refractivity (Wildman–Crippen MR) is 124 cm³/mol. The zero-order chi connectivity index (χ0) is 21.6. The molecular weight excluding hydrogens is 392 g/mol. The van der Waals surface area contributed by atoms with Gasteiger partial charge in [-0.1, -0.05) is 30.0 Å². The van der Waals surface area contributed by atoms with Crippen molar-refractivity contribution in [2.24, 2.45) is 0 Å². The van der Waals surface area contributed by atoms with Crippen LogP contribution < -0.4 is 4.74 Å². The highest BCUT2D eigenvalue weighted by molar-refractivity contribution is 7.96. The fraction of sp³-hybridized carbons (Fsp3) is 0.423. The van der Waals surface area contributed by atoms with Crippen molar-refractivity contribution in [3.8, 4) is 17.6 Å². The first-order valence-electron chi connectivity index (χ1n) is 10.6. The van der Waals surface area contributed by atoms with Gasteiger partial charge in [0, 0.05) is 16.5 Å². The van der Waals surface area contributed by atoms with Gasteiger partial charge >= 0.3 is 5.97 Å². The van der Waals surface area contributed by atoms with Gasteiger partial charge < -0.3 is 9.47 Å². The van der Waals surface area contributed by atoms with Gasteiger partial charge in [-0.3, -0.25) is 0 Å². The molecular formula is C26H31O3S+. The number of carbonyl (C=O) groups is 1. The Hall–Kier alpha value is -2.38. The lowest BCUT2D eigenvalue weighted by Crippen LogP contribution is -2.29. The van der Waals surface area contributed by atoms with E-state index in [-0.39, 0.29) is 6.61 Å². The third kappa shape index (κ3) is 6.31. The molecule has 0 unspecified atom stereocenters. The van der Waals surface area contributed by atoms with E-state index < -0.39 is 11.6 Å². The largest absolute Gasteiger partial charge is 0.481 e. The van der Waals surface area contributed by atoms with E-state index in [0.717, 1.165) is 22.4 Å². The van der Waals surface area contributed by atoms with E-state index in [2.05, 4.69) is 37.8 Å². The first-order chi connectivity index (χ1) is 14.3. The Morgan fingerprint density at radius 2 is 1.67 bits per heavy atom. The molecule has 158 valence electrons. The van der Waals surface area contributed by atoms with Gasteiger partial charge in [0.1, 0.15) is 17.3 Å². The number of benzene rings is 2. The van der Waals surface area contributed by atoms with Gasteiger partial charge in [0.15, 0.2) is 17.1 Å². The highest BCUT2D eigenvalue weighted by atomic mass is 32.2. The van der Waals surface area contributed by atoms with Crippen molar-refractivity contribution in [2.75, 3.05) is 18.1 Å². The molecule has 1 saturated heterocycles. The molecule has 30 heavy (non-hydrogen) atoms. The monoisotopic (exact) mass is 423 g/mol. The van der Waals surface area contributed by atoms with Crippen molar-refractivity contribution in [1.29, 1.82) is 0 Å². The molecule has 2 aromatic carbocycles. The average molecular weight is 424 g/mol. The zero-order valence-corrected chi connectivity index (χ0v) is 19.2.